The van der Waals surface area contributed by atoms with Crippen molar-refractivity contribution < 1.29 is 4.79 Å². The lowest BCUT2D eigenvalue weighted by atomic mass is 10.2. The Morgan fingerprint density at radius 1 is 1.41 bits per heavy atom. The van der Waals surface area contributed by atoms with Crippen LogP contribution >= 0.6 is 27.5 Å². The Morgan fingerprint density at radius 2 is 2.12 bits per heavy atom. The van der Waals surface area contributed by atoms with Crippen molar-refractivity contribution in [3.8, 4) is 5.69 Å². The summed E-state index contributed by atoms with van der Waals surface area (Å²) in [7, 11) is 0. The summed E-state index contributed by atoms with van der Waals surface area (Å²) in [5.74, 6) is 0. The highest BCUT2D eigenvalue weighted by atomic mass is 79.9. The van der Waals surface area contributed by atoms with Crippen LogP contribution < -0.4 is 0 Å². The van der Waals surface area contributed by atoms with Gasteiger partial charge in [0.1, 0.15) is 0 Å². The van der Waals surface area contributed by atoms with Gasteiger partial charge in [-0.25, -0.2) is 4.68 Å². The van der Waals surface area contributed by atoms with Crippen molar-refractivity contribution in [1.82, 2.24) is 9.78 Å². The van der Waals surface area contributed by atoms with Crippen LogP contribution in [0.1, 0.15) is 21.7 Å². The quantitative estimate of drug-likeness (QED) is 0.792. The third kappa shape index (κ3) is 2.15. The molecule has 0 N–H and O–H groups in total. The fourth-order valence-electron chi connectivity index (χ4n) is 1.62. The number of carbonyl (C=O) groups is 1. The first-order valence-electron chi connectivity index (χ1n) is 5.01. The Morgan fingerprint density at radius 3 is 2.59 bits per heavy atom. The molecule has 0 spiro atoms. The normalized spacial score (nSPS) is 10.6. The number of aryl methyl sites for hydroxylation is 1. The van der Waals surface area contributed by atoms with Crippen LogP contribution in [-0.2, 0) is 0 Å². The molecule has 0 amide bonds. The van der Waals surface area contributed by atoms with E-state index in [4.69, 9.17) is 11.6 Å². The Hall–Kier alpha value is -1.13. The van der Waals surface area contributed by atoms with Gasteiger partial charge in [0, 0.05) is 10.0 Å². The van der Waals surface area contributed by atoms with Crippen LogP contribution in [0.3, 0.4) is 0 Å². The minimum atomic E-state index is 0.612. The van der Waals surface area contributed by atoms with E-state index in [9.17, 15) is 4.79 Å². The first kappa shape index (κ1) is 12.3. The molecule has 0 bridgehead atoms. The molecular weight excluding hydrogens is 304 g/mol. The molecule has 2 aromatic rings. The molecule has 0 saturated heterocycles. The van der Waals surface area contributed by atoms with E-state index in [0.29, 0.717) is 10.6 Å². The number of aldehydes is 1. The number of halogens is 2. The van der Waals surface area contributed by atoms with Crippen LogP contribution in [0.15, 0.2) is 22.7 Å². The van der Waals surface area contributed by atoms with E-state index in [-0.39, 0.29) is 0 Å². The van der Waals surface area contributed by atoms with E-state index in [1.54, 1.807) is 10.7 Å². The monoisotopic (exact) mass is 312 g/mol. The molecule has 0 radical (unpaired) electrons. The predicted molar refractivity (Wildman–Crippen MR) is 71.1 cm³/mol. The van der Waals surface area contributed by atoms with Crippen LogP contribution in [0.2, 0.25) is 5.02 Å². The number of aromatic nitrogens is 2. The van der Waals surface area contributed by atoms with Gasteiger partial charge in [-0.15, -0.1) is 0 Å². The second-order valence-corrected chi connectivity index (χ2v) is 4.95. The Kier molecular flexibility index (Phi) is 3.35. The van der Waals surface area contributed by atoms with E-state index >= 15 is 0 Å². The molecule has 5 heteroatoms. The van der Waals surface area contributed by atoms with Crippen molar-refractivity contribution in [2.75, 3.05) is 0 Å². The Bertz CT molecular complexity index is 592. The van der Waals surface area contributed by atoms with Crippen molar-refractivity contribution in [2.45, 2.75) is 13.8 Å². The summed E-state index contributed by atoms with van der Waals surface area (Å²) in [4.78, 5) is 10.7. The van der Waals surface area contributed by atoms with Crippen LogP contribution in [0.25, 0.3) is 5.69 Å². The molecule has 0 saturated carbocycles. The average Bonchev–Trinajstić information content (AvgIpc) is 2.57. The standard InChI is InChI=1S/C12H10BrClN2O/c1-7-12(14)8(2)16(15-7)10-4-3-9(6-17)11(13)5-10/h3-6H,1-2H3. The van der Waals surface area contributed by atoms with Gasteiger partial charge in [-0.2, -0.15) is 5.10 Å². The highest BCUT2D eigenvalue weighted by Gasteiger charge is 2.11. The van der Waals surface area contributed by atoms with Crippen LogP contribution in [0.5, 0.6) is 0 Å². The molecule has 2 rings (SSSR count). The third-order valence-electron chi connectivity index (χ3n) is 2.56. The number of hydrogen-bond acceptors (Lipinski definition) is 2. The summed E-state index contributed by atoms with van der Waals surface area (Å²) in [6.45, 7) is 3.77. The lowest BCUT2D eigenvalue weighted by molar-refractivity contribution is 0.112. The second kappa shape index (κ2) is 4.63. The molecule has 0 aliphatic heterocycles. The van der Waals surface area contributed by atoms with Crippen molar-refractivity contribution >= 4 is 33.8 Å². The molecule has 0 aliphatic carbocycles. The van der Waals surface area contributed by atoms with Crippen LogP contribution in [0.4, 0.5) is 0 Å². The molecule has 3 nitrogen and oxygen atoms in total. The fraction of sp³-hybridized carbons (Fsp3) is 0.167. The lowest BCUT2D eigenvalue weighted by Crippen LogP contribution is -1.99. The largest absolute Gasteiger partial charge is 0.298 e. The molecule has 1 heterocycles. The summed E-state index contributed by atoms with van der Waals surface area (Å²) in [6, 6.07) is 5.43. The zero-order valence-electron chi connectivity index (χ0n) is 9.37. The Labute approximate surface area is 113 Å². The van der Waals surface area contributed by atoms with Crippen molar-refractivity contribution in [3.05, 3.63) is 44.6 Å². The summed E-state index contributed by atoms with van der Waals surface area (Å²) < 4.78 is 2.51. The van der Waals surface area contributed by atoms with Gasteiger partial charge in [0.05, 0.1) is 22.1 Å². The van der Waals surface area contributed by atoms with Gasteiger partial charge in [0.2, 0.25) is 0 Å². The minimum absolute atomic E-state index is 0.612. The molecule has 0 unspecified atom stereocenters. The number of nitrogens with zero attached hydrogens (tertiary/aromatic N) is 2. The molecule has 0 atom stereocenters. The summed E-state index contributed by atoms with van der Waals surface area (Å²) >= 11 is 9.44. The predicted octanol–water partition coefficient (Wildman–Crippen LogP) is 3.72. The molecule has 1 aromatic carbocycles. The number of benzene rings is 1. The lowest BCUT2D eigenvalue weighted by Gasteiger charge is -2.06. The molecule has 1 aromatic heterocycles. The molecule has 88 valence electrons. The summed E-state index contributed by atoms with van der Waals surface area (Å²) in [6.07, 6.45) is 0.808. The number of hydrogen-bond donors (Lipinski definition) is 0. The fourth-order valence-corrected chi connectivity index (χ4v) is 2.20. The first-order valence-corrected chi connectivity index (χ1v) is 6.18. The van der Waals surface area contributed by atoms with Gasteiger partial charge in [-0.3, -0.25) is 4.79 Å². The van der Waals surface area contributed by atoms with Crippen molar-refractivity contribution in [2.24, 2.45) is 0 Å². The van der Waals surface area contributed by atoms with E-state index < -0.39 is 0 Å². The maximum Gasteiger partial charge on any atom is 0.151 e. The SMILES string of the molecule is Cc1nn(-c2ccc(C=O)c(Br)c2)c(C)c1Cl. The van der Waals surface area contributed by atoms with Gasteiger partial charge < -0.3 is 0 Å². The summed E-state index contributed by atoms with van der Waals surface area (Å²) in [5.41, 5.74) is 3.16. The van der Waals surface area contributed by atoms with Gasteiger partial charge in [0.25, 0.3) is 0 Å². The molecule has 17 heavy (non-hydrogen) atoms. The first-order chi connectivity index (χ1) is 8.04. The van der Waals surface area contributed by atoms with E-state index in [2.05, 4.69) is 21.0 Å². The zero-order chi connectivity index (χ0) is 12.6. The van der Waals surface area contributed by atoms with Crippen LogP contribution in [-0.4, -0.2) is 16.1 Å². The van der Waals surface area contributed by atoms with E-state index in [1.807, 2.05) is 26.0 Å². The third-order valence-corrected chi connectivity index (χ3v) is 3.79. The van der Waals surface area contributed by atoms with Gasteiger partial charge in [0.15, 0.2) is 6.29 Å². The maximum atomic E-state index is 10.7. The van der Waals surface area contributed by atoms with E-state index in [0.717, 1.165) is 27.8 Å². The highest BCUT2D eigenvalue weighted by molar-refractivity contribution is 9.10. The molecular formula is C12H10BrClN2O. The number of carbonyl (C=O) groups excluding carboxylic acids is 1. The highest BCUT2D eigenvalue weighted by Crippen LogP contribution is 2.25. The topological polar surface area (TPSA) is 34.9 Å². The van der Waals surface area contributed by atoms with Gasteiger partial charge in [-0.05, 0) is 48.0 Å². The van der Waals surface area contributed by atoms with Gasteiger partial charge >= 0.3 is 0 Å². The number of rotatable bonds is 2. The minimum Gasteiger partial charge on any atom is -0.298 e. The van der Waals surface area contributed by atoms with Crippen molar-refractivity contribution in [3.63, 3.8) is 0 Å². The zero-order valence-corrected chi connectivity index (χ0v) is 11.7. The smallest absolute Gasteiger partial charge is 0.151 e. The molecule has 0 fully saturated rings. The molecule has 0 aliphatic rings. The van der Waals surface area contributed by atoms with E-state index in [1.165, 1.54) is 0 Å². The maximum absolute atomic E-state index is 10.7. The Balaban J connectivity index is 2.57. The average molecular weight is 314 g/mol. The second-order valence-electron chi connectivity index (χ2n) is 3.72. The van der Waals surface area contributed by atoms with Gasteiger partial charge in [-0.1, -0.05) is 11.6 Å². The van der Waals surface area contributed by atoms with Crippen molar-refractivity contribution in [1.29, 1.82) is 0 Å². The van der Waals surface area contributed by atoms with Crippen LogP contribution in [0, 0.1) is 13.8 Å². The summed E-state index contributed by atoms with van der Waals surface area (Å²) in [5, 5.41) is 5.02.